The lowest BCUT2D eigenvalue weighted by atomic mass is 9.98. The van der Waals surface area contributed by atoms with E-state index in [0.29, 0.717) is 18.8 Å². The van der Waals surface area contributed by atoms with E-state index in [9.17, 15) is 14.9 Å². The van der Waals surface area contributed by atoms with Gasteiger partial charge in [0.1, 0.15) is 5.75 Å². The molecule has 0 atom stereocenters. The highest BCUT2D eigenvalue weighted by atomic mass is 16.6. The number of nitro benzene ring substituents is 1. The van der Waals surface area contributed by atoms with Crippen LogP contribution in [-0.2, 0) is 6.42 Å². The predicted molar refractivity (Wildman–Crippen MR) is 146 cm³/mol. The van der Waals surface area contributed by atoms with Crippen molar-refractivity contribution in [3.63, 3.8) is 0 Å². The molecule has 0 saturated carbocycles. The molecule has 7 heteroatoms. The van der Waals surface area contributed by atoms with E-state index in [2.05, 4.69) is 28.8 Å². The second-order valence-electron chi connectivity index (χ2n) is 9.04. The highest BCUT2D eigenvalue weighted by Gasteiger charge is 2.24. The first kappa shape index (κ1) is 24.8. The third-order valence-corrected chi connectivity index (χ3v) is 6.78. The van der Waals surface area contributed by atoms with Crippen molar-refractivity contribution >= 4 is 22.6 Å². The molecule has 0 bridgehead atoms. The Morgan fingerprint density at radius 3 is 2.08 bits per heavy atom. The number of aromatic nitrogens is 1. The first-order chi connectivity index (χ1) is 18.4. The van der Waals surface area contributed by atoms with Crippen LogP contribution in [0.4, 0.5) is 5.69 Å². The molecule has 7 nitrogen and oxygen atoms in total. The van der Waals surface area contributed by atoms with Crippen LogP contribution in [0.3, 0.4) is 0 Å². The van der Waals surface area contributed by atoms with Crippen LogP contribution in [-0.4, -0.2) is 27.2 Å². The molecule has 0 aliphatic heterocycles. The number of rotatable bonds is 9. The first-order valence-electron chi connectivity index (χ1n) is 12.3. The van der Waals surface area contributed by atoms with Crippen molar-refractivity contribution in [3.8, 4) is 5.75 Å². The minimum Gasteiger partial charge on any atom is -0.493 e. The minimum absolute atomic E-state index is 0.0389. The van der Waals surface area contributed by atoms with E-state index in [4.69, 9.17) is 9.84 Å². The largest absolute Gasteiger partial charge is 0.493 e. The van der Waals surface area contributed by atoms with Crippen LogP contribution in [0.2, 0.25) is 0 Å². The second kappa shape index (κ2) is 10.6. The van der Waals surface area contributed by atoms with E-state index in [0.717, 1.165) is 33.3 Å². The van der Waals surface area contributed by atoms with Crippen LogP contribution in [0.1, 0.15) is 38.8 Å². The maximum atomic E-state index is 11.6. The average molecular weight is 507 g/mol. The van der Waals surface area contributed by atoms with Gasteiger partial charge in [-0.1, -0.05) is 60.7 Å². The zero-order valence-electron chi connectivity index (χ0n) is 20.8. The number of nitrogens with zero attached hydrogens (tertiary/aromatic N) is 2. The number of benzene rings is 4. The Labute approximate surface area is 219 Å². The van der Waals surface area contributed by atoms with Gasteiger partial charge < -0.3 is 14.4 Å². The number of carboxylic acid groups (broad SMARTS) is 1. The van der Waals surface area contributed by atoms with Gasteiger partial charge >= 0.3 is 5.97 Å². The van der Waals surface area contributed by atoms with Gasteiger partial charge in [0.2, 0.25) is 0 Å². The fraction of sp³-hybridized carbons (Fsp3) is 0.129. The lowest BCUT2D eigenvalue weighted by Crippen LogP contribution is -2.14. The summed E-state index contributed by atoms with van der Waals surface area (Å²) in [5, 5.41) is 21.6. The Morgan fingerprint density at radius 2 is 1.53 bits per heavy atom. The van der Waals surface area contributed by atoms with Gasteiger partial charge in [-0.05, 0) is 53.9 Å². The van der Waals surface area contributed by atoms with Gasteiger partial charge in [0.15, 0.2) is 0 Å². The van der Waals surface area contributed by atoms with Crippen molar-refractivity contribution < 1.29 is 19.6 Å². The molecule has 1 aromatic heterocycles. The molecule has 5 rings (SSSR count). The summed E-state index contributed by atoms with van der Waals surface area (Å²) < 4.78 is 8.18. The number of hydrogen-bond donors (Lipinski definition) is 1. The Kier molecular flexibility index (Phi) is 6.91. The number of ether oxygens (including phenoxy) is 1. The quantitative estimate of drug-likeness (QED) is 0.175. The number of fused-ring (bicyclic) bond motifs is 1. The molecule has 0 amide bonds. The summed E-state index contributed by atoms with van der Waals surface area (Å²) in [7, 11) is 0. The van der Waals surface area contributed by atoms with E-state index >= 15 is 0 Å². The van der Waals surface area contributed by atoms with Crippen LogP contribution in [0.5, 0.6) is 5.75 Å². The monoisotopic (exact) mass is 506 g/mol. The molecule has 0 saturated heterocycles. The molecule has 4 aromatic carbocycles. The molecule has 5 aromatic rings. The molecule has 0 aliphatic carbocycles. The number of carboxylic acids is 1. The molecule has 1 N–H and O–H groups in total. The van der Waals surface area contributed by atoms with Crippen LogP contribution >= 0.6 is 0 Å². The minimum atomic E-state index is -0.993. The topological polar surface area (TPSA) is 94.6 Å². The predicted octanol–water partition coefficient (Wildman–Crippen LogP) is 6.82. The van der Waals surface area contributed by atoms with Crippen molar-refractivity contribution in [2.75, 3.05) is 6.61 Å². The van der Waals surface area contributed by atoms with Crippen molar-refractivity contribution in [2.24, 2.45) is 0 Å². The fourth-order valence-electron chi connectivity index (χ4n) is 4.98. The lowest BCUT2D eigenvalue weighted by molar-refractivity contribution is -0.384. The van der Waals surface area contributed by atoms with Crippen LogP contribution < -0.4 is 4.74 Å². The molecular weight excluding hydrogens is 480 g/mol. The fourth-order valence-corrected chi connectivity index (χ4v) is 4.98. The molecule has 0 fully saturated rings. The number of aromatic carboxylic acids is 1. The van der Waals surface area contributed by atoms with E-state index in [-0.39, 0.29) is 22.2 Å². The molecular formula is C31H26N2O5. The molecule has 0 radical (unpaired) electrons. The third kappa shape index (κ3) is 4.86. The first-order valence-corrected chi connectivity index (χ1v) is 12.3. The molecule has 38 heavy (non-hydrogen) atoms. The van der Waals surface area contributed by atoms with Gasteiger partial charge in [-0.15, -0.1) is 0 Å². The highest BCUT2D eigenvalue weighted by molar-refractivity contribution is 5.88. The van der Waals surface area contributed by atoms with Gasteiger partial charge in [0.05, 0.1) is 23.1 Å². The summed E-state index contributed by atoms with van der Waals surface area (Å²) >= 11 is 0. The maximum Gasteiger partial charge on any atom is 0.335 e. The highest BCUT2D eigenvalue weighted by Crippen LogP contribution is 2.37. The Bertz CT molecular complexity index is 1550. The summed E-state index contributed by atoms with van der Waals surface area (Å²) in [6.07, 6.45) is 0.521. The van der Waals surface area contributed by atoms with Gasteiger partial charge in [-0.2, -0.15) is 0 Å². The van der Waals surface area contributed by atoms with Gasteiger partial charge in [-0.25, -0.2) is 4.79 Å². The summed E-state index contributed by atoms with van der Waals surface area (Å²) in [5.74, 6) is -0.429. The smallest absolute Gasteiger partial charge is 0.335 e. The van der Waals surface area contributed by atoms with Gasteiger partial charge in [0, 0.05) is 35.2 Å². The van der Waals surface area contributed by atoms with E-state index in [1.807, 2.05) is 49.4 Å². The Hall–Kier alpha value is -4.91. The normalized spacial score (nSPS) is 11.1. The van der Waals surface area contributed by atoms with E-state index in [1.165, 1.54) is 12.1 Å². The van der Waals surface area contributed by atoms with E-state index < -0.39 is 5.97 Å². The average Bonchev–Trinajstić information content (AvgIpc) is 3.21. The summed E-state index contributed by atoms with van der Waals surface area (Å²) in [4.78, 5) is 22.4. The van der Waals surface area contributed by atoms with Crippen LogP contribution in [0, 0.1) is 17.0 Å². The third-order valence-electron chi connectivity index (χ3n) is 6.78. The van der Waals surface area contributed by atoms with Crippen molar-refractivity contribution in [1.29, 1.82) is 0 Å². The van der Waals surface area contributed by atoms with Crippen molar-refractivity contribution in [1.82, 2.24) is 4.57 Å². The molecule has 0 unspecified atom stereocenters. The van der Waals surface area contributed by atoms with Crippen LogP contribution in [0.15, 0.2) is 103 Å². The zero-order chi connectivity index (χ0) is 26.6. The number of nitro groups is 1. The second-order valence-corrected chi connectivity index (χ2v) is 9.04. The Morgan fingerprint density at radius 1 is 0.921 bits per heavy atom. The molecule has 0 spiro atoms. The van der Waals surface area contributed by atoms with Crippen molar-refractivity contribution in [3.05, 3.63) is 141 Å². The zero-order valence-corrected chi connectivity index (χ0v) is 20.8. The van der Waals surface area contributed by atoms with Crippen molar-refractivity contribution in [2.45, 2.75) is 19.4 Å². The molecule has 1 heterocycles. The number of hydrogen-bond acceptors (Lipinski definition) is 4. The SMILES string of the molecule is Cc1c(CCOc2ccc(C(=O)O)cc2)c2cc([N+](=O)[O-])ccc2n1C(c1ccccc1)c1ccccc1. The lowest BCUT2D eigenvalue weighted by Gasteiger charge is -2.23. The molecule has 190 valence electrons. The number of non-ortho nitro benzene ring substituents is 1. The summed E-state index contributed by atoms with van der Waals surface area (Å²) in [6, 6.07) is 31.6. The molecule has 0 aliphatic rings. The van der Waals surface area contributed by atoms with E-state index in [1.54, 1.807) is 24.3 Å². The summed E-state index contributed by atoms with van der Waals surface area (Å²) in [5.41, 5.74) is 5.34. The number of carbonyl (C=O) groups is 1. The maximum absolute atomic E-state index is 11.6. The van der Waals surface area contributed by atoms with Gasteiger partial charge in [0.25, 0.3) is 5.69 Å². The van der Waals surface area contributed by atoms with Crippen LogP contribution in [0.25, 0.3) is 10.9 Å². The van der Waals surface area contributed by atoms with Gasteiger partial charge in [-0.3, -0.25) is 10.1 Å². The standard InChI is InChI=1S/C31H26N2O5/c1-21-27(18-19-38-26-15-12-24(13-16-26)31(34)35)28-20-25(33(36)37)14-17-29(28)32(21)30(22-8-4-2-5-9-22)23-10-6-3-7-11-23/h2-17,20,30H,18-19H2,1H3,(H,34,35). The Balaban J connectivity index is 1.58. The summed E-state index contributed by atoms with van der Waals surface area (Å²) in [6.45, 7) is 2.37.